The standard InChI is InChI=1S/C15H20ClNO2/c16-8-7-13-5-1-2-9-17(13)15(19)11-12-4-3-6-14(18)10-12/h3-4,6,10,13,18H,1-2,5,7-9,11H2. The number of carbonyl (C=O) groups excluding carboxylic acids is 1. The first-order chi connectivity index (χ1) is 9.20. The molecule has 3 nitrogen and oxygen atoms in total. The summed E-state index contributed by atoms with van der Waals surface area (Å²) in [5, 5.41) is 9.43. The van der Waals surface area contributed by atoms with Crippen LogP contribution in [0.25, 0.3) is 0 Å². The van der Waals surface area contributed by atoms with E-state index in [0.29, 0.717) is 12.3 Å². The molecule has 1 aromatic carbocycles. The maximum atomic E-state index is 12.4. The van der Waals surface area contributed by atoms with Crippen molar-refractivity contribution in [1.82, 2.24) is 4.90 Å². The average molecular weight is 282 g/mol. The SMILES string of the molecule is O=C(Cc1cccc(O)c1)N1CCCCC1CCCl. The molecule has 1 aliphatic rings. The van der Waals surface area contributed by atoms with Crippen molar-refractivity contribution in [3.63, 3.8) is 0 Å². The van der Waals surface area contributed by atoms with E-state index in [1.807, 2.05) is 11.0 Å². The predicted molar refractivity (Wildman–Crippen MR) is 76.5 cm³/mol. The molecule has 104 valence electrons. The lowest BCUT2D eigenvalue weighted by molar-refractivity contribution is -0.134. The van der Waals surface area contributed by atoms with Crippen LogP contribution in [0.2, 0.25) is 0 Å². The lowest BCUT2D eigenvalue weighted by Crippen LogP contribution is -2.44. The van der Waals surface area contributed by atoms with E-state index >= 15 is 0 Å². The molecule has 2 rings (SSSR count). The Balaban J connectivity index is 2.01. The number of piperidine rings is 1. The van der Waals surface area contributed by atoms with E-state index in [4.69, 9.17) is 11.6 Å². The normalized spacial score (nSPS) is 19.4. The summed E-state index contributed by atoms with van der Waals surface area (Å²) in [6.45, 7) is 0.833. The Morgan fingerprint density at radius 3 is 3.00 bits per heavy atom. The Labute approximate surface area is 119 Å². The number of halogens is 1. The van der Waals surface area contributed by atoms with E-state index in [1.165, 1.54) is 6.42 Å². The van der Waals surface area contributed by atoms with Crippen LogP contribution < -0.4 is 0 Å². The number of hydrogen-bond donors (Lipinski definition) is 1. The van der Waals surface area contributed by atoms with E-state index in [1.54, 1.807) is 18.2 Å². The second-order valence-corrected chi connectivity index (χ2v) is 5.44. The molecule has 0 spiro atoms. The van der Waals surface area contributed by atoms with E-state index in [2.05, 4.69) is 0 Å². The first-order valence-electron chi connectivity index (χ1n) is 6.84. The van der Waals surface area contributed by atoms with Crippen molar-refractivity contribution in [2.75, 3.05) is 12.4 Å². The molecule has 1 saturated heterocycles. The number of phenols is 1. The van der Waals surface area contributed by atoms with Crippen LogP contribution in [0, 0.1) is 0 Å². The molecule has 1 atom stereocenters. The number of hydrogen-bond acceptors (Lipinski definition) is 2. The highest BCUT2D eigenvalue weighted by Crippen LogP contribution is 2.21. The fourth-order valence-corrected chi connectivity index (χ4v) is 2.95. The zero-order valence-electron chi connectivity index (χ0n) is 11.0. The Hall–Kier alpha value is -1.22. The number of alkyl halides is 1. The third-order valence-electron chi connectivity index (χ3n) is 3.66. The summed E-state index contributed by atoms with van der Waals surface area (Å²) in [5.41, 5.74) is 0.861. The second kappa shape index (κ2) is 6.80. The summed E-state index contributed by atoms with van der Waals surface area (Å²) < 4.78 is 0. The number of benzene rings is 1. The zero-order valence-corrected chi connectivity index (χ0v) is 11.8. The van der Waals surface area contributed by atoms with E-state index in [0.717, 1.165) is 31.4 Å². The maximum absolute atomic E-state index is 12.4. The first kappa shape index (κ1) is 14.2. The van der Waals surface area contributed by atoms with Gasteiger partial charge in [-0.1, -0.05) is 12.1 Å². The highest BCUT2D eigenvalue weighted by Gasteiger charge is 2.25. The molecule has 0 bridgehead atoms. The number of likely N-dealkylation sites (tertiary alicyclic amines) is 1. The Kier molecular flexibility index (Phi) is 5.08. The summed E-state index contributed by atoms with van der Waals surface area (Å²) in [4.78, 5) is 14.3. The van der Waals surface area contributed by atoms with Crippen molar-refractivity contribution >= 4 is 17.5 Å². The molecule has 0 aromatic heterocycles. The molecule has 1 aliphatic heterocycles. The smallest absolute Gasteiger partial charge is 0.227 e. The summed E-state index contributed by atoms with van der Waals surface area (Å²) in [6, 6.07) is 7.20. The van der Waals surface area contributed by atoms with Crippen LogP contribution in [-0.4, -0.2) is 34.4 Å². The molecule has 1 amide bonds. The lowest BCUT2D eigenvalue weighted by Gasteiger charge is -2.35. The molecule has 0 radical (unpaired) electrons. The molecule has 1 N–H and O–H groups in total. The first-order valence-corrected chi connectivity index (χ1v) is 7.37. The molecule has 1 aromatic rings. The van der Waals surface area contributed by atoms with Crippen LogP contribution in [-0.2, 0) is 11.2 Å². The van der Waals surface area contributed by atoms with Gasteiger partial charge in [0.25, 0.3) is 0 Å². The van der Waals surface area contributed by atoms with Gasteiger partial charge in [0.05, 0.1) is 6.42 Å². The molecular weight excluding hydrogens is 262 g/mol. The highest BCUT2D eigenvalue weighted by atomic mass is 35.5. The van der Waals surface area contributed by atoms with E-state index in [-0.39, 0.29) is 17.7 Å². The lowest BCUT2D eigenvalue weighted by atomic mass is 9.99. The van der Waals surface area contributed by atoms with Crippen molar-refractivity contribution in [2.24, 2.45) is 0 Å². The minimum absolute atomic E-state index is 0.139. The van der Waals surface area contributed by atoms with Gasteiger partial charge >= 0.3 is 0 Å². The predicted octanol–water partition coefficient (Wildman–Crippen LogP) is 2.94. The summed E-state index contributed by atoms with van der Waals surface area (Å²) >= 11 is 5.81. The topological polar surface area (TPSA) is 40.5 Å². The van der Waals surface area contributed by atoms with Crippen molar-refractivity contribution in [2.45, 2.75) is 38.1 Å². The van der Waals surface area contributed by atoms with Gasteiger partial charge in [-0.25, -0.2) is 0 Å². The van der Waals surface area contributed by atoms with Crippen LogP contribution >= 0.6 is 11.6 Å². The minimum atomic E-state index is 0.139. The Morgan fingerprint density at radius 2 is 2.26 bits per heavy atom. The van der Waals surface area contributed by atoms with Gasteiger partial charge in [0.15, 0.2) is 0 Å². The summed E-state index contributed by atoms with van der Waals surface area (Å²) in [5.74, 6) is 0.947. The monoisotopic (exact) mass is 281 g/mol. The van der Waals surface area contributed by atoms with Crippen LogP contribution in [0.1, 0.15) is 31.2 Å². The molecule has 1 fully saturated rings. The van der Waals surface area contributed by atoms with Crippen molar-refractivity contribution in [3.8, 4) is 5.75 Å². The van der Waals surface area contributed by atoms with Crippen LogP contribution in [0.4, 0.5) is 0 Å². The number of nitrogens with zero attached hydrogens (tertiary/aromatic N) is 1. The van der Waals surface area contributed by atoms with Crippen LogP contribution in [0.3, 0.4) is 0 Å². The molecule has 19 heavy (non-hydrogen) atoms. The quantitative estimate of drug-likeness (QED) is 0.862. The molecule has 1 heterocycles. The Bertz CT molecular complexity index is 434. The van der Waals surface area contributed by atoms with Gasteiger partial charge in [0, 0.05) is 18.5 Å². The number of rotatable bonds is 4. The van der Waals surface area contributed by atoms with Gasteiger partial charge in [-0.2, -0.15) is 0 Å². The van der Waals surface area contributed by atoms with Gasteiger partial charge < -0.3 is 10.0 Å². The summed E-state index contributed by atoms with van der Waals surface area (Å²) in [7, 11) is 0. The fourth-order valence-electron chi connectivity index (χ4n) is 2.70. The number of aromatic hydroxyl groups is 1. The largest absolute Gasteiger partial charge is 0.508 e. The third-order valence-corrected chi connectivity index (χ3v) is 3.87. The number of amides is 1. The van der Waals surface area contributed by atoms with Crippen molar-refractivity contribution in [3.05, 3.63) is 29.8 Å². The van der Waals surface area contributed by atoms with Crippen LogP contribution in [0.5, 0.6) is 5.75 Å². The van der Waals surface area contributed by atoms with Gasteiger partial charge in [-0.05, 0) is 43.4 Å². The molecular formula is C15H20ClNO2. The fraction of sp³-hybridized carbons (Fsp3) is 0.533. The molecule has 4 heteroatoms. The van der Waals surface area contributed by atoms with E-state index < -0.39 is 0 Å². The molecule has 1 unspecified atom stereocenters. The minimum Gasteiger partial charge on any atom is -0.508 e. The Morgan fingerprint density at radius 1 is 1.42 bits per heavy atom. The second-order valence-electron chi connectivity index (χ2n) is 5.06. The van der Waals surface area contributed by atoms with Gasteiger partial charge in [-0.15, -0.1) is 11.6 Å². The molecule has 0 aliphatic carbocycles. The number of carbonyl (C=O) groups is 1. The average Bonchev–Trinajstić information content (AvgIpc) is 2.39. The maximum Gasteiger partial charge on any atom is 0.227 e. The van der Waals surface area contributed by atoms with Gasteiger partial charge in [0.2, 0.25) is 5.91 Å². The van der Waals surface area contributed by atoms with Gasteiger partial charge in [0.1, 0.15) is 5.75 Å². The van der Waals surface area contributed by atoms with Crippen LogP contribution in [0.15, 0.2) is 24.3 Å². The van der Waals surface area contributed by atoms with E-state index in [9.17, 15) is 9.90 Å². The number of phenolic OH excluding ortho intramolecular Hbond substituents is 1. The van der Waals surface area contributed by atoms with Gasteiger partial charge in [-0.3, -0.25) is 4.79 Å². The zero-order chi connectivity index (χ0) is 13.7. The van der Waals surface area contributed by atoms with Crippen molar-refractivity contribution in [1.29, 1.82) is 0 Å². The third kappa shape index (κ3) is 3.87. The molecule has 0 saturated carbocycles. The van der Waals surface area contributed by atoms with Crippen molar-refractivity contribution < 1.29 is 9.90 Å². The summed E-state index contributed by atoms with van der Waals surface area (Å²) in [6.07, 6.45) is 4.53. The highest BCUT2D eigenvalue weighted by molar-refractivity contribution is 6.17.